The van der Waals surface area contributed by atoms with Gasteiger partial charge in [0.05, 0.1) is 5.92 Å². The van der Waals surface area contributed by atoms with E-state index in [1.54, 1.807) is 6.20 Å². The highest BCUT2D eigenvalue weighted by atomic mass is 32.1. The summed E-state index contributed by atoms with van der Waals surface area (Å²) in [5.74, 6) is -0.465. The zero-order valence-electron chi connectivity index (χ0n) is 15.1. The zero-order valence-corrected chi connectivity index (χ0v) is 15.9. The SMILES string of the molecule is O=C(Nc1cccc(-n2cc[nH]c2=S)c1)C(c1ccccc1)c1ccccc1. The maximum absolute atomic E-state index is 13.2. The molecule has 0 saturated heterocycles. The van der Waals surface area contributed by atoms with Gasteiger partial charge in [-0.1, -0.05) is 66.7 Å². The van der Waals surface area contributed by atoms with Crippen molar-refractivity contribution in [1.29, 1.82) is 0 Å². The third-order valence-corrected chi connectivity index (χ3v) is 4.88. The van der Waals surface area contributed by atoms with Gasteiger partial charge in [-0.25, -0.2) is 0 Å². The predicted octanol–water partition coefficient (Wildman–Crippen LogP) is 5.31. The molecule has 1 aromatic heterocycles. The van der Waals surface area contributed by atoms with Gasteiger partial charge in [-0.15, -0.1) is 0 Å². The number of rotatable bonds is 5. The van der Waals surface area contributed by atoms with Gasteiger partial charge < -0.3 is 10.3 Å². The highest BCUT2D eigenvalue weighted by molar-refractivity contribution is 7.71. The van der Waals surface area contributed by atoms with E-state index in [2.05, 4.69) is 10.3 Å². The van der Waals surface area contributed by atoms with Crippen molar-refractivity contribution in [2.75, 3.05) is 5.32 Å². The topological polar surface area (TPSA) is 49.8 Å². The minimum atomic E-state index is -0.388. The largest absolute Gasteiger partial charge is 0.337 e. The molecule has 4 rings (SSSR count). The molecule has 28 heavy (non-hydrogen) atoms. The van der Waals surface area contributed by atoms with Crippen LogP contribution in [0.25, 0.3) is 5.69 Å². The molecule has 4 nitrogen and oxygen atoms in total. The fraction of sp³-hybridized carbons (Fsp3) is 0.0435. The molecule has 0 fully saturated rings. The minimum absolute atomic E-state index is 0.0767. The summed E-state index contributed by atoms with van der Waals surface area (Å²) in [5.41, 5.74) is 3.52. The van der Waals surface area contributed by atoms with E-state index in [-0.39, 0.29) is 11.8 Å². The third-order valence-electron chi connectivity index (χ3n) is 4.57. The van der Waals surface area contributed by atoms with Crippen molar-refractivity contribution in [2.24, 2.45) is 0 Å². The van der Waals surface area contributed by atoms with Crippen molar-refractivity contribution in [3.8, 4) is 5.69 Å². The maximum atomic E-state index is 13.2. The maximum Gasteiger partial charge on any atom is 0.236 e. The van der Waals surface area contributed by atoms with E-state index in [1.807, 2.05) is 95.7 Å². The summed E-state index contributed by atoms with van der Waals surface area (Å²) < 4.78 is 2.46. The Kier molecular flexibility index (Phi) is 5.17. The van der Waals surface area contributed by atoms with Gasteiger partial charge in [0, 0.05) is 23.8 Å². The Morgan fingerprint density at radius 3 is 2.11 bits per heavy atom. The van der Waals surface area contributed by atoms with E-state index >= 15 is 0 Å². The fourth-order valence-electron chi connectivity index (χ4n) is 3.26. The molecule has 0 unspecified atom stereocenters. The van der Waals surface area contributed by atoms with Crippen LogP contribution in [0.3, 0.4) is 0 Å². The number of H-pyrrole nitrogens is 1. The molecule has 0 atom stereocenters. The lowest BCUT2D eigenvalue weighted by Gasteiger charge is -2.18. The van der Waals surface area contributed by atoms with Crippen molar-refractivity contribution in [3.05, 3.63) is 113 Å². The van der Waals surface area contributed by atoms with Crippen LogP contribution in [0.15, 0.2) is 97.3 Å². The third kappa shape index (κ3) is 3.80. The van der Waals surface area contributed by atoms with Crippen LogP contribution in [-0.2, 0) is 4.79 Å². The number of nitrogens with one attached hydrogen (secondary N) is 2. The Bertz CT molecular complexity index is 1090. The molecule has 0 bridgehead atoms. The molecular weight excluding hydrogens is 366 g/mol. The Hall–Kier alpha value is -3.44. The smallest absolute Gasteiger partial charge is 0.236 e. The number of hydrogen-bond donors (Lipinski definition) is 2. The molecule has 2 N–H and O–H groups in total. The minimum Gasteiger partial charge on any atom is -0.337 e. The molecule has 0 spiro atoms. The average Bonchev–Trinajstić information content (AvgIpc) is 3.16. The Balaban J connectivity index is 1.66. The van der Waals surface area contributed by atoms with Gasteiger partial charge in [0.1, 0.15) is 0 Å². The molecule has 0 saturated carbocycles. The second-order valence-electron chi connectivity index (χ2n) is 6.43. The molecule has 3 aromatic carbocycles. The monoisotopic (exact) mass is 385 g/mol. The Morgan fingerprint density at radius 1 is 0.893 bits per heavy atom. The van der Waals surface area contributed by atoms with Crippen molar-refractivity contribution in [2.45, 2.75) is 5.92 Å². The van der Waals surface area contributed by atoms with Gasteiger partial charge in [0.2, 0.25) is 5.91 Å². The average molecular weight is 385 g/mol. The Morgan fingerprint density at radius 2 is 1.54 bits per heavy atom. The number of aromatic amines is 1. The summed E-state index contributed by atoms with van der Waals surface area (Å²) in [7, 11) is 0. The van der Waals surface area contributed by atoms with E-state index < -0.39 is 0 Å². The molecule has 1 heterocycles. The number of benzene rings is 3. The van der Waals surface area contributed by atoms with Gasteiger partial charge >= 0.3 is 0 Å². The van der Waals surface area contributed by atoms with E-state index in [4.69, 9.17) is 12.2 Å². The first kappa shape index (κ1) is 17.9. The zero-order chi connectivity index (χ0) is 19.3. The van der Waals surface area contributed by atoms with Crippen molar-refractivity contribution >= 4 is 23.8 Å². The first-order chi connectivity index (χ1) is 13.7. The lowest BCUT2D eigenvalue weighted by molar-refractivity contribution is -0.116. The van der Waals surface area contributed by atoms with Crippen LogP contribution in [0.1, 0.15) is 17.0 Å². The molecule has 0 aliphatic heterocycles. The van der Waals surface area contributed by atoms with Gasteiger partial charge in [0.15, 0.2) is 4.77 Å². The van der Waals surface area contributed by atoms with Crippen molar-refractivity contribution in [3.63, 3.8) is 0 Å². The molecule has 138 valence electrons. The molecule has 1 amide bonds. The lowest BCUT2D eigenvalue weighted by atomic mass is 9.90. The highest BCUT2D eigenvalue weighted by Crippen LogP contribution is 2.26. The second kappa shape index (κ2) is 8.06. The number of nitrogens with zero attached hydrogens (tertiary/aromatic N) is 1. The fourth-order valence-corrected chi connectivity index (χ4v) is 3.49. The number of aromatic nitrogens is 2. The highest BCUT2D eigenvalue weighted by Gasteiger charge is 2.22. The normalized spacial score (nSPS) is 10.8. The van der Waals surface area contributed by atoms with Gasteiger partial charge in [-0.2, -0.15) is 0 Å². The first-order valence-corrected chi connectivity index (χ1v) is 9.40. The summed E-state index contributed by atoms with van der Waals surface area (Å²) in [6.07, 6.45) is 3.65. The number of carbonyl (C=O) groups excluding carboxylic acids is 1. The molecule has 4 aromatic rings. The summed E-state index contributed by atoms with van der Waals surface area (Å²) in [6, 6.07) is 27.3. The van der Waals surface area contributed by atoms with Crippen LogP contribution in [-0.4, -0.2) is 15.5 Å². The first-order valence-electron chi connectivity index (χ1n) is 8.99. The second-order valence-corrected chi connectivity index (χ2v) is 6.82. The van der Waals surface area contributed by atoms with E-state index in [9.17, 15) is 4.79 Å². The molecule has 0 aliphatic rings. The van der Waals surface area contributed by atoms with Gasteiger partial charge in [0.25, 0.3) is 0 Å². The van der Waals surface area contributed by atoms with E-state index in [0.717, 1.165) is 22.5 Å². The molecular formula is C23H19N3OS. The molecule has 5 heteroatoms. The summed E-state index contributed by atoms with van der Waals surface area (Å²) in [4.78, 5) is 16.2. The van der Waals surface area contributed by atoms with Crippen LogP contribution in [0.2, 0.25) is 0 Å². The molecule has 0 radical (unpaired) electrons. The number of imidazole rings is 1. The summed E-state index contributed by atoms with van der Waals surface area (Å²) >= 11 is 5.29. The number of amides is 1. The lowest BCUT2D eigenvalue weighted by Crippen LogP contribution is -2.22. The number of carbonyl (C=O) groups is 1. The summed E-state index contributed by atoms with van der Waals surface area (Å²) in [5, 5.41) is 3.06. The summed E-state index contributed by atoms with van der Waals surface area (Å²) in [6.45, 7) is 0. The van der Waals surface area contributed by atoms with Crippen LogP contribution in [0.5, 0.6) is 0 Å². The van der Waals surface area contributed by atoms with Crippen molar-refractivity contribution < 1.29 is 4.79 Å². The van der Waals surface area contributed by atoms with Crippen LogP contribution >= 0.6 is 12.2 Å². The van der Waals surface area contributed by atoms with Crippen molar-refractivity contribution in [1.82, 2.24) is 9.55 Å². The standard InChI is InChI=1S/C23H19N3OS/c27-22(21(17-8-3-1-4-9-17)18-10-5-2-6-11-18)25-19-12-7-13-20(16-19)26-15-14-24-23(26)28/h1-16,21H,(H,24,28)(H,25,27). The number of hydrogen-bond acceptors (Lipinski definition) is 2. The quantitative estimate of drug-likeness (QED) is 0.458. The van der Waals surface area contributed by atoms with E-state index in [1.165, 1.54) is 0 Å². The Labute approximate surface area is 168 Å². The van der Waals surface area contributed by atoms with Gasteiger partial charge in [-0.3, -0.25) is 9.36 Å². The number of anilines is 1. The van der Waals surface area contributed by atoms with Crippen LogP contribution < -0.4 is 5.32 Å². The van der Waals surface area contributed by atoms with Crippen LogP contribution in [0.4, 0.5) is 5.69 Å². The predicted molar refractivity (Wildman–Crippen MR) is 114 cm³/mol. The van der Waals surface area contributed by atoms with Crippen LogP contribution in [0, 0.1) is 4.77 Å². The van der Waals surface area contributed by atoms with E-state index in [0.29, 0.717) is 4.77 Å². The molecule has 0 aliphatic carbocycles. The van der Waals surface area contributed by atoms with Gasteiger partial charge in [-0.05, 0) is 41.5 Å².